The molecule has 0 fully saturated rings. The predicted octanol–water partition coefficient (Wildman–Crippen LogP) is 2.98. The first kappa shape index (κ1) is 16.3. The van der Waals surface area contributed by atoms with Gasteiger partial charge in [-0.25, -0.2) is 4.79 Å². The summed E-state index contributed by atoms with van der Waals surface area (Å²) < 4.78 is 16.2. The molecule has 1 aromatic rings. The lowest BCUT2D eigenvalue weighted by Gasteiger charge is -2.12. The zero-order chi connectivity index (χ0) is 14.8. The lowest BCUT2D eigenvalue weighted by Crippen LogP contribution is -2.10. The van der Waals surface area contributed by atoms with E-state index in [4.69, 9.17) is 19.3 Å². The zero-order valence-corrected chi connectivity index (χ0v) is 12.1. The Morgan fingerprint density at radius 2 is 1.80 bits per heavy atom. The van der Waals surface area contributed by atoms with Crippen molar-refractivity contribution in [3.8, 4) is 11.5 Å². The van der Waals surface area contributed by atoms with Gasteiger partial charge in [0, 0.05) is 12.7 Å². The molecule has 1 N–H and O–H groups in total. The SMILES string of the molecule is CCCOCCOc1cc(OCCC)ccc1C(=O)O. The van der Waals surface area contributed by atoms with Gasteiger partial charge in [0.05, 0.1) is 13.2 Å². The highest BCUT2D eigenvalue weighted by Crippen LogP contribution is 2.25. The largest absolute Gasteiger partial charge is 0.493 e. The maximum Gasteiger partial charge on any atom is 0.339 e. The molecule has 0 aromatic heterocycles. The smallest absolute Gasteiger partial charge is 0.339 e. The molecule has 0 amide bonds. The second-order valence-corrected chi connectivity index (χ2v) is 4.27. The predicted molar refractivity (Wildman–Crippen MR) is 75.8 cm³/mol. The van der Waals surface area contributed by atoms with Gasteiger partial charge in [-0.05, 0) is 25.0 Å². The minimum Gasteiger partial charge on any atom is -0.493 e. The molecule has 0 aliphatic heterocycles. The van der Waals surface area contributed by atoms with E-state index in [1.165, 1.54) is 6.07 Å². The van der Waals surface area contributed by atoms with Gasteiger partial charge in [-0.1, -0.05) is 13.8 Å². The van der Waals surface area contributed by atoms with Crippen molar-refractivity contribution in [3.05, 3.63) is 23.8 Å². The molecule has 5 nitrogen and oxygen atoms in total. The summed E-state index contributed by atoms with van der Waals surface area (Å²) in [5.74, 6) is -0.0935. The van der Waals surface area contributed by atoms with Crippen LogP contribution >= 0.6 is 0 Å². The molecule has 0 heterocycles. The van der Waals surface area contributed by atoms with E-state index in [0.717, 1.165) is 12.8 Å². The van der Waals surface area contributed by atoms with Crippen LogP contribution < -0.4 is 9.47 Å². The molecule has 0 saturated heterocycles. The van der Waals surface area contributed by atoms with Crippen LogP contribution in [0.2, 0.25) is 0 Å². The van der Waals surface area contributed by atoms with Crippen LogP contribution in [0.1, 0.15) is 37.0 Å². The molecule has 0 unspecified atom stereocenters. The summed E-state index contributed by atoms with van der Waals surface area (Å²) in [5.41, 5.74) is 0.129. The average Bonchev–Trinajstić information content (AvgIpc) is 2.44. The number of ether oxygens (including phenoxy) is 3. The zero-order valence-electron chi connectivity index (χ0n) is 12.1. The highest BCUT2D eigenvalue weighted by atomic mass is 16.5. The van der Waals surface area contributed by atoms with Crippen molar-refractivity contribution in [2.45, 2.75) is 26.7 Å². The van der Waals surface area contributed by atoms with E-state index in [9.17, 15) is 4.79 Å². The molecule has 0 saturated carbocycles. The molecule has 0 atom stereocenters. The summed E-state index contributed by atoms with van der Waals surface area (Å²) >= 11 is 0. The first-order valence-corrected chi connectivity index (χ1v) is 6.89. The van der Waals surface area contributed by atoms with E-state index in [-0.39, 0.29) is 5.56 Å². The molecule has 0 aliphatic rings. The molecule has 112 valence electrons. The Bertz CT molecular complexity index is 417. The topological polar surface area (TPSA) is 65.0 Å². The van der Waals surface area contributed by atoms with Crippen molar-refractivity contribution >= 4 is 5.97 Å². The van der Waals surface area contributed by atoms with Gasteiger partial charge in [-0.2, -0.15) is 0 Å². The Morgan fingerprint density at radius 1 is 1.05 bits per heavy atom. The lowest BCUT2D eigenvalue weighted by molar-refractivity contribution is 0.0685. The van der Waals surface area contributed by atoms with Crippen molar-refractivity contribution in [2.24, 2.45) is 0 Å². The van der Waals surface area contributed by atoms with E-state index < -0.39 is 5.97 Å². The third kappa shape index (κ3) is 5.48. The van der Waals surface area contributed by atoms with Gasteiger partial charge in [0.15, 0.2) is 0 Å². The highest BCUT2D eigenvalue weighted by Gasteiger charge is 2.12. The Labute approximate surface area is 119 Å². The van der Waals surface area contributed by atoms with Gasteiger partial charge in [0.1, 0.15) is 23.7 Å². The van der Waals surface area contributed by atoms with E-state index in [1.807, 2.05) is 13.8 Å². The van der Waals surface area contributed by atoms with E-state index in [0.29, 0.717) is 37.9 Å². The molecule has 0 bridgehead atoms. The van der Waals surface area contributed by atoms with Crippen LogP contribution in [-0.2, 0) is 4.74 Å². The van der Waals surface area contributed by atoms with Gasteiger partial charge < -0.3 is 19.3 Å². The second-order valence-electron chi connectivity index (χ2n) is 4.27. The average molecular weight is 282 g/mol. The van der Waals surface area contributed by atoms with Crippen LogP contribution in [0, 0.1) is 0 Å². The number of hydrogen-bond acceptors (Lipinski definition) is 4. The van der Waals surface area contributed by atoms with Crippen molar-refractivity contribution in [3.63, 3.8) is 0 Å². The van der Waals surface area contributed by atoms with Crippen molar-refractivity contribution in [2.75, 3.05) is 26.4 Å². The molecule has 5 heteroatoms. The number of benzene rings is 1. The Balaban J connectivity index is 2.65. The van der Waals surface area contributed by atoms with Gasteiger partial charge in [-0.3, -0.25) is 0 Å². The van der Waals surface area contributed by atoms with Crippen molar-refractivity contribution in [1.29, 1.82) is 0 Å². The van der Waals surface area contributed by atoms with Crippen LogP contribution in [0.25, 0.3) is 0 Å². The van der Waals surface area contributed by atoms with Crippen LogP contribution in [0.15, 0.2) is 18.2 Å². The maximum absolute atomic E-state index is 11.1. The summed E-state index contributed by atoms with van der Waals surface area (Å²) in [7, 11) is 0. The molecule has 0 spiro atoms. The second kappa shape index (κ2) is 9.20. The minimum absolute atomic E-state index is 0.129. The molecule has 0 radical (unpaired) electrons. The van der Waals surface area contributed by atoms with Gasteiger partial charge >= 0.3 is 5.97 Å². The first-order valence-electron chi connectivity index (χ1n) is 6.89. The van der Waals surface area contributed by atoms with Crippen LogP contribution in [0.5, 0.6) is 11.5 Å². The molecule has 20 heavy (non-hydrogen) atoms. The summed E-state index contributed by atoms with van der Waals surface area (Å²) in [6, 6.07) is 4.74. The van der Waals surface area contributed by atoms with Crippen LogP contribution in [0.4, 0.5) is 0 Å². The van der Waals surface area contributed by atoms with E-state index in [1.54, 1.807) is 12.1 Å². The van der Waals surface area contributed by atoms with Crippen LogP contribution in [-0.4, -0.2) is 37.5 Å². The molecular formula is C15H22O5. The third-order valence-corrected chi connectivity index (χ3v) is 2.49. The molecule has 1 rings (SSSR count). The third-order valence-electron chi connectivity index (χ3n) is 2.49. The number of carboxylic acid groups (broad SMARTS) is 1. The molecular weight excluding hydrogens is 260 g/mol. The van der Waals surface area contributed by atoms with Crippen molar-refractivity contribution < 1.29 is 24.1 Å². The maximum atomic E-state index is 11.1. The van der Waals surface area contributed by atoms with Crippen molar-refractivity contribution in [1.82, 2.24) is 0 Å². The summed E-state index contributed by atoms with van der Waals surface area (Å²) in [6.45, 7) is 6.05. The quantitative estimate of drug-likeness (QED) is 0.668. The number of aromatic carboxylic acids is 1. The first-order chi connectivity index (χ1) is 9.69. The summed E-state index contributed by atoms with van der Waals surface area (Å²) in [5, 5.41) is 9.12. The standard InChI is InChI=1S/C15H22O5/c1-3-7-18-9-10-20-14-11-12(19-8-4-2)5-6-13(14)15(16)17/h5-6,11H,3-4,7-10H2,1-2H3,(H,16,17). The Morgan fingerprint density at radius 3 is 2.45 bits per heavy atom. The van der Waals surface area contributed by atoms with Gasteiger partial charge in [0.2, 0.25) is 0 Å². The fraction of sp³-hybridized carbons (Fsp3) is 0.533. The Kier molecular flexibility index (Phi) is 7.50. The Hall–Kier alpha value is -1.75. The number of carbonyl (C=O) groups is 1. The summed E-state index contributed by atoms with van der Waals surface area (Å²) in [6.07, 6.45) is 1.84. The fourth-order valence-corrected chi connectivity index (χ4v) is 1.57. The number of carboxylic acids is 1. The molecule has 0 aliphatic carbocycles. The van der Waals surface area contributed by atoms with Crippen LogP contribution in [0.3, 0.4) is 0 Å². The summed E-state index contributed by atoms with van der Waals surface area (Å²) in [4.78, 5) is 11.1. The number of rotatable bonds is 10. The lowest BCUT2D eigenvalue weighted by atomic mass is 10.2. The van der Waals surface area contributed by atoms with E-state index >= 15 is 0 Å². The molecule has 1 aromatic carbocycles. The van der Waals surface area contributed by atoms with Gasteiger partial charge in [0.25, 0.3) is 0 Å². The monoisotopic (exact) mass is 282 g/mol. The number of hydrogen-bond donors (Lipinski definition) is 1. The minimum atomic E-state index is -1.02. The van der Waals surface area contributed by atoms with E-state index in [2.05, 4.69) is 0 Å². The fourth-order valence-electron chi connectivity index (χ4n) is 1.57. The highest BCUT2D eigenvalue weighted by molar-refractivity contribution is 5.91. The van der Waals surface area contributed by atoms with Gasteiger partial charge in [-0.15, -0.1) is 0 Å². The normalized spacial score (nSPS) is 10.3.